The molecule has 4 rings (SSSR count). The van der Waals surface area contributed by atoms with Crippen LogP contribution in [0, 0.1) is 0 Å². The van der Waals surface area contributed by atoms with Crippen LogP contribution >= 0.6 is 0 Å². The molecule has 1 aliphatic rings. The van der Waals surface area contributed by atoms with Crippen LogP contribution in [-0.2, 0) is 17.8 Å². The summed E-state index contributed by atoms with van der Waals surface area (Å²) in [5.74, 6) is 0. The third-order valence-electron chi connectivity index (χ3n) is 5.38. The second kappa shape index (κ2) is 10.7. The van der Waals surface area contributed by atoms with Crippen molar-refractivity contribution in [2.24, 2.45) is 0 Å². The van der Waals surface area contributed by atoms with Crippen molar-refractivity contribution in [3.8, 4) is 0 Å². The predicted octanol–water partition coefficient (Wildman–Crippen LogP) is 3.50. The average Bonchev–Trinajstić information content (AvgIpc) is 2.84. The summed E-state index contributed by atoms with van der Waals surface area (Å²) < 4.78 is 5.40. The molecule has 2 aromatic carbocycles. The quantitative estimate of drug-likeness (QED) is 0.619. The Morgan fingerprint density at radius 3 is 2.35 bits per heavy atom. The zero-order chi connectivity index (χ0) is 21.3. The lowest BCUT2D eigenvalue weighted by atomic mass is 10.0. The Kier molecular flexibility index (Phi) is 7.26. The highest BCUT2D eigenvalue weighted by Gasteiger charge is 2.17. The van der Waals surface area contributed by atoms with Crippen molar-refractivity contribution >= 4 is 6.03 Å². The Labute approximate surface area is 183 Å². The molecule has 1 fully saturated rings. The molecule has 0 aliphatic carbocycles. The third-order valence-corrected chi connectivity index (χ3v) is 5.38. The molecule has 1 atom stereocenters. The molecule has 3 aromatic rings. The summed E-state index contributed by atoms with van der Waals surface area (Å²) in [6.45, 7) is 4.96. The van der Waals surface area contributed by atoms with Gasteiger partial charge in [0.1, 0.15) is 0 Å². The number of urea groups is 1. The van der Waals surface area contributed by atoms with Crippen LogP contribution < -0.4 is 10.6 Å². The minimum absolute atomic E-state index is 0.225. The van der Waals surface area contributed by atoms with E-state index < -0.39 is 0 Å². The number of hydrogen-bond donors (Lipinski definition) is 2. The van der Waals surface area contributed by atoms with Gasteiger partial charge in [0.2, 0.25) is 0 Å². The summed E-state index contributed by atoms with van der Waals surface area (Å²) in [7, 11) is 0. The second-order valence-electron chi connectivity index (χ2n) is 7.63. The number of carbonyl (C=O) groups excluding carboxylic acids is 1. The molecule has 0 spiro atoms. The number of benzene rings is 2. The summed E-state index contributed by atoms with van der Waals surface area (Å²) >= 11 is 0. The van der Waals surface area contributed by atoms with Crippen molar-refractivity contribution in [3.05, 3.63) is 101 Å². The van der Waals surface area contributed by atoms with Gasteiger partial charge in [0.15, 0.2) is 0 Å². The minimum Gasteiger partial charge on any atom is -0.379 e. The molecule has 1 saturated heterocycles. The fraction of sp³-hybridized carbons (Fsp3) is 0.280. The highest BCUT2D eigenvalue weighted by Crippen LogP contribution is 2.19. The van der Waals surface area contributed by atoms with Gasteiger partial charge in [0.05, 0.1) is 24.9 Å². The van der Waals surface area contributed by atoms with Crippen LogP contribution in [0.5, 0.6) is 0 Å². The summed E-state index contributed by atoms with van der Waals surface area (Å²) in [6, 6.07) is 23.5. The van der Waals surface area contributed by atoms with Crippen molar-refractivity contribution in [3.63, 3.8) is 0 Å². The summed E-state index contributed by atoms with van der Waals surface area (Å²) in [4.78, 5) is 19.5. The van der Waals surface area contributed by atoms with Crippen LogP contribution in [0.15, 0.2) is 79.0 Å². The van der Waals surface area contributed by atoms with Gasteiger partial charge in [-0.3, -0.25) is 9.88 Å². The molecular weight excluding hydrogens is 388 g/mol. The van der Waals surface area contributed by atoms with Crippen LogP contribution in [-0.4, -0.2) is 42.2 Å². The van der Waals surface area contributed by atoms with E-state index >= 15 is 0 Å². The van der Waals surface area contributed by atoms with Gasteiger partial charge in [-0.1, -0.05) is 60.7 Å². The summed E-state index contributed by atoms with van der Waals surface area (Å²) in [6.07, 6.45) is 1.74. The number of ether oxygens (including phenoxy) is 1. The normalized spacial score (nSPS) is 15.2. The number of nitrogens with one attached hydrogen (secondary N) is 2. The molecule has 2 amide bonds. The number of nitrogens with zero attached hydrogens (tertiary/aromatic N) is 2. The topological polar surface area (TPSA) is 66.5 Å². The van der Waals surface area contributed by atoms with Crippen LogP contribution in [0.25, 0.3) is 0 Å². The van der Waals surface area contributed by atoms with Crippen molar-refractivity contribution < 1.29 is 9.53 Å². The van der Waals surface area contributed by atoms with Gasteiger partial charge in [0, 0.05) is 32.4 Å². The van der Waals surface area contributed by atoms with Crippen molar-refractivity contribution in [2.75, 3.05) is 26.3 Å². The second-order valence-corrected chi connectivity index (χ2v) is 7.63. The van der Waals surface area contributed by atoms with Crippen LogP contribution in [0.1, 0.15) is 28.4 Å². The molecule has 0 unspecified atom stereocenters. The maximum Gasteiger partial charge on any atom is 0.315 e. The lowest BCUT2D eigenvalue weighted by Gasteiger charge is -2.26. The molecule has 1 aromatic heterocycles. The fourth-order valence-electron chi connectivity index (χ4n) is 3.66. The molecule has 31 heavy (non-hydrogen) atoms. The maximum absolute atomic E-state index is 12.6. The minimum atomic E-state index is -0.307. The molecule has 2 N–H and O–H groups in total. The van der Waals surface area contributed by atoms with Crippen LogP contribution in [0.4, 0.5) is 4.79 Å². The number of aromatic nitrogens is 1. The Morgan fingerprint density at radius 1 is 0.935 bits per heavy atom. The van der Waals surface area contributed by atoms with Crippen molar-refractivity contribution in [1.82, 2.24) is 20.5 Å². The Hall–Kier alpha value is -3.22. The number of rotatable bonds is 7. The first-order chi connectivity index (χ1) is 15.3. The standard InChI is InChI=1S/C25H28N4O2/c30-25(28-24(22-6-2-1-3-7-22)23-8-4-5-13-26-23)27-18-20-9-11-21(12-10-20)19-29-14-16-31-17-15-29/h1-13,24H,14-19H2,(H2,27,28,30)/t24-/m0/s1. The first-order valence-corrected chi connectivity index (χ1v) is 10.7. The van der Waals surface area contributed by atoms with E-state index in [-0.39, 0.29) is 12.1 Å². The zero-order valence-electron chi connectivity index (χ0n) is 17.5. The highest BCUT2D eigenvalue weighted by atomic mass is 16.5. The molecule has 2 heterocycles. The lowest BCUT2D eigenvalue weighted by molar-refractivity contribution is 0.0342. The fourth-order valence-corrected chi connectivity index (χ4v) is 3.66. The van der Waals surface area contributed by atoms with Gasteiger partial charge in [-0.05, 0) is 28.8 Å². The van der Waals surface area contributed by atoms with Gasteiger partial charge in [-0.15, -0.1) is 0 Å². The Balaban J connectivity index is 1.33. The molecule has 160 valence electrons. The van der Waals surface area contributed by atoms with Crippen LogP contribution in [0.2, 0.25) is 0 Å². The first kappa shape index (κ1) is 21.0. The van der Waals surface area contributed by atoms with E-state index in [0.717, 1.165) is 49.7 Å². The van der Waals surface area contributed by atoms with Crippen LogP contribution in [0.3, 0.4) is 0 Å². The maximum atomic E-state index is 12.6. The van der Waals surface area contributed by atoms with Gasteiger partial charge in [-0.2, -0.15) is 0 Å². The van der Waals surface area contributed by atoms with E-state index in [9.17, 15) is 4.79 Å². The molecule has 6 nitrogen and oxygen atoms in total. The van der Waals surface area contributed by atoms with E-state index in [1.165, 1.54) is 5.56 Å². The smallest absolute Gasteiger partial charge is 0.315 e. The lowest BCUT2D eigenvalue weighted by Crippen LogP contribution is -2.38. The Bertz CT molecular complexity index is 903. The number of pyridine rings is 1. The number of morpholine rings is 1. The molecule has 6 heteroatoms. The largest absolute Gasteiger partial charge is 0.379 e. The van der Waals surface area contributed by atoms with Crippen molar-refractivity contribution in [2.45, 2.75) is 19.1 Å². The zero-order valence-corrected chi connectivity index (χ0v) is 17.5. The predicted molar refractivity (Wildman–Crippen MR) is 120 cm³/mol. The van der Waals surface area contributed by atoms with Gasteiger partial charge >= 0.3 is 6.03 Å². The molecule has 1 aliphatic heterocycles. The van der Waals surface area contributed by atoms with E-state index in [0.29, 0.717) is 6.54 Å². The first-order valence-electron chi connectivity index (χ1n) is 10.7. The molecular formula is C25H28N4O2. The molecule has 0 saturated carbocycles. The summed E-state index contributed by atoms with van der Waals surface area (Å²) in [5, 5.41) is 6.02. The average molecular weight is 417 g/mol. The SMILES string of the molecule is O=C(NCc1ccc(CN2CCOCC2)cc1)N[C@@H](c1ccccc1)c1ccccn1. The molecule has 0 radical (unpaired) electrons. The van der Waals surface area contributed by atoms with E-state index in [4.69, 9.17) is 4.74 Å². The number of amides is 2. The van der Waals surface area contributed by atoms with Gasteiger partial charge in [-0.25, -0.2) is 4.79 Å². The third kappa shape index (κ3) is 6.13. The van der Waals surface area contributed by atoms with E-state index in [1.54, 1.807) is 6.20 Å². The highest BCUT2D eigenvalue weighted by molar-refractivity contribution is 5.75. The van der Waals surface area contributed by atoms with E-state index in [1.807, 2.05) is 48.5 Å². The van der Waals surface area contributed by atoms with Gasteiger partial charge < -0.3 is 15.4 Å². The molecule has 0 bridgehead atoms. The number of carbonyl (C=O) groups is 1. The Morgan fingerprint density at radius 2 is 1.65 bits per heavy atom. The van der Waals surface area contributed by atoms with Crippen molar-refractivity contribution in [1.29, 1.82) is 0 Å². The number of hydrogen-bond acceptors (Lipinski definition) is 4. The summed E-state index contributed by atoms with van der Waals surface area (Å²) in [5.41, 5.74) is 4.13. The monoisotopic (exact) mass is 416 g/mol. The van der Waals surface area contributed by atoms with Gasteiger partial charge in [0.25, 0.3) is 0 Å². The van der Waals surface area contributed by atoms with E-state index in [2.05, 4.69) is 44.8 Å².